The molecule has 0 aliphatic rings. The Morgan fingerprint density at radius 3 is 2.32 bits per heavy atom. The molecule has 0 spiro atoms. The Balaban J connectivity index is 1.90. The molecule has 0 aliphatic heterocycles. The van der Waals surface area contributed by atoms with Crippen LogP contribution in [0, 0.1) is 0 Å². The van der Waals surface area contributed by atoms with Gasteiger partial charge >= 0.3 is 5.97 Å². The van der Waals surface area contributed by atoms with Crippen LogP contribution in [0.1, 0.15) is 22.2 Å². The molecule has 31 heavy (non-hydrogen) atoms. The quantitative estimate of drug-likeness (QED) is 0.499. The number of nitrogens with one attached hydrogen (secondary N) is 1. The van der Waals surface area contributed by atoms with Crippen LogP contribution in [-0.2, 0) is 11.2 Å². The first-order chi connectivity index (χ1) is 14.9. The van der Waals surface area contributed by atoms with E-state index in [2.05, 4.69) is 5.32 Å². The van der Waals surface area contributed by atoms with Gasteiger partial charge in [-0.2, -0.15) is 0 Å². The molecule has 3 aromatic rings. The van der Waals surface area contributed by atoms with Crippen molar-refractivity contribution in [3.63, 3.8) is 0 Å². The number of thiophene rings is 1. The van der Waals surface area contributed by atoms with Crippen LogP contribution in [0.4, 0.5) is 5.69 Å². The minimum atomic E-state index is -0.974. The Morgan fingerprint density at radius 1 is 1.00 bits per heavy atom. The summed E-state index contributed by atoms with van der Waals surface area (Å²) < 4.78 is 16.0. The van der Waals surface area contributed by atoms with E-state index >= 15 is 0 Å². The maximum atomic E-state index is 12.8. The van der Waals surface area contributed by atoms with Crippen molar-refractivity contribution in [2.24, 2.45) is 0 Å². The van der Waals surface area contributed by atoms with E-state index in [9.17, 15) is 14.7 Å². The van der Waals surface area contributed by atoms with E-state index in [0.717, 1.165) is 11.3 Å². The molecule has 0 radical (unpaired) electrons. The summed E-state index contributed by atoms with van der Waals surface area (Å²) in [5.41, 5.74) is 1.93. The third kappa shape index (κ3) is 5.35. The highest BCUT2D eigenvalue weighted by Gasteiger charge is 2.19. The number of rotatable bonds is 9. The molecule has 0 saturated heterocycles. The van der Waals surface area contributed by atoms with Gasteiger partial charge in [0, 0.05) is 10.6 Å². The highest BCUT2D eigenvalue weighted by Crippen LogP contribution is 2.38. The molecule has 1 heterocycles. The zero-order valence-electron chi connectivity index (χ0n) is 17.4. The summed E-state index contributed by atoms with van der Waals surface area (Å²) in [5, 5.41) is 12.2. The van der Waals surface area contributed by atoms with Crippen LogP contribution in [0.15, 0.2) is 48.5 Å². The monoisotopic (exact) mass is 441 g/mol. The first kappa shape index (κ1) is 22.2. The predicted octanol–water partition coefficient (Wildman–Crippen LogP) is 4.71. The van der Waals surface area contributed by atoms with Crippen LogP contribution >= 0.6 is 11.3 Å². The molecule has 0 atom stereocenters. The van der Waals surface area contributed by atoms with Gasteiger partial charge in [-0.1, -0.05) is 0 Å². The Bertz CT molecular complexity index is 1070. The van der Waals surface area contributed by atoms with E-state index in [1.54, 1.807) is 49.6 Å². The Morgan fingerprint density at radius 2 is 1.71 bits per heavy atom. The summed E-state index contributed by atoms with van der Waals surface area (Å²) in [5.74, 6) is 0.521. The normalized spacial score (nSPS) is 10.4. The Labute approximate surface area is 184 Å². The highest BCUT2D eigenvalue weighted by atomic mass is 32.1. The van der Waals surface area contributed by atoms with E-state index in [1.165, 1.54) is 18.4 Å². The number of anilines is 1. The number of carbonyl (C=O) groups is 2. The smallest absolute Gasteiger partial charge is 0.307 e. The number of amides is 1. The number of hydrogen-bond acceptors (Lipinski definition) is 6. The summed E-state index contributed by atoms with van der Waals surface area (Å²) in [7, 11) is 3.08. The Hall–Kier alpha value is -3.52. The lowest BCUT2D eigenvalue weighted by Gasteiger charge is -2.09. The average molecular weight is 442 g/mol. The molecule has 2 N–H and O–H groups in total. The third-order valence-electron chi connectivity index (χ3n) is 4.44. The van der Waals surface area contributed by atoms with Crippen molar-refractivity contribution in [3.05, 3.63) is 59.0 Å². The van der Waals surface area contributed by atoms with Gasteiger partial charge in [0.1, 0.15) is 5.75 Å². The fraction of sp³-hybridized carbons (Fsp3) is 0.217. The number of ether oxygens (including phenoxy) is 3. The van der Waals surface area contributed by atoms with Gasteiger partial charge in [-0.25, -0.2) is 0 Å². The molecule has 7 nitrogen and oxygen atoms in total. The van der Waals surface area contributed by atoms with Crippen LogP contribution in [0.2, 0.25) is 0 Å². The maximum Gasteiger partial charge on any atom is 0.307 e. The van der Waals surface area contributed by atoms with E-state index in [1.807, 2.05) is 13.0 Å². The van der Waals surface area contributed by atoms with E-state index in [0.29, 0.717) is 39.1 Å². The van der Waals surface area contributed by atoms with Gasteiger partial charge in [0.05, 0.1) is 32.1 Å². The summed E-state index contributed by atoms with van der Waals surface area (Å²) in [4.78, 5) is 25.3. The van der Waals surface area contributed by atoms with E-state index < -0.39 is 5.97 Å². The molecule has 162 valence electrons. The van der Waals surface area contributed by atoms with Gasteiger partial charge < -0.3 is 24.6 Å². The van der Waals surface area contributed by atoms with Gasteiger partial charge in [-0.3, -0.25) is 9.59 Å². The van der Waals surface area contributed by atoms with Gasteiger partial charge in [-0.05, 0) is 66.6 Å². The summed E-state index contributed by atoms with van der Waals surface area (Å²) >= 11 is 1.23. The molecular weight excluding hydrogens is 418 g/mol. The predicted molar refractivity (Wildman–Crippen MR) is 120 cm³/mol. The van der Waals surface area contributed by atoms with Crippen molar-refractivity contribution in [2.45, 2.75) is 13.3 Å². The number of aliphatic carboxylic acids is 1. The van der Waals surface area contributed by atoms with Crippen molar-refractivity contribution in [2.75, 3.05) is 26.1 Å². The third-order valence-corrected chi connectivity index (χ3v) is 5.67. The first-order valence-electron chi connectivity index (χ1n) is 9.56. The van der Waals surface area contributed by atoms with Crippen LogP contribution in [0.3, 0.4) is 0 Å². The first-order valence-corrected chi connectivity index (χ1v) is 10.4. The summed E-state index contributed by atoms with van der Waals surface area (Å²) in [6.07, 6.45) is -0.198. The van der Waals surface area contributed by atoms with Crippen molar-refractivity contribution in [1.29, 1.82) is 0 Å². The SMILES string of the molecule is CCOc1ccc(NC(=O)c2cc(CC(=O)O)c(-c3ccc(OC)c(OC)c3)s2)cc1. The number of benzene rings is 2. The van der Waals surface area contributed by atoms with Crippen LogP contribution in [0.25, 0.3) is 10.4 Å². The molecule has 3 rings (SSSR count). The van der Waals surface area contributed by atoms with Crippen molar-refractivity contribution >= 4 is 28.9 Å². The minimum absolute atomic E-state index is 0.198. The maximum absolute atomic E-state index is 12.8. The number of carboxylic acid groups (broad SMARTS) is 1. The fourth-order valence-electron chi connectivity index (χ4n) is 3.05. The zero-order chi connectivity index (χ0) is 22.4. The number of carbonyl (C=O) groups excluding carboxylic acids is 1. The van der Waals surface area contributed by atoms with Crippen LogP contribution in [0.5, 0.6) is 17.2 Å². The van der Waals surface area contributed by atoms with Crippen molar-refractivity contribution in [3.8, 4) is 27.7 Å². The van der Waals surface area contributed by atoms with Gasteiger partial charge in [0.2, 0.25) is 0 Å². The largest absolute Gasteiger partial charge is 0.494 e. The molecule has 1 aromatic heterocycles. The second-order valence-electron chi connectivity index (χ2n) is 6.52. The lowest BCUT2D eigenvalue weighted by molar-refractivity contribution is -0.136. The summed E-state index contributed by atoms with van der Waals surface area (Å²) in [6, 6.07) is 14.0. The average Bonchev–Trinajstić information content (AvgIpc) is 3.18. The van der Waals surface area contributed by atoms with Crippen LogP contribution < -0.4 is 19.5 Å². The number of methoxy groups -OCH3 is 2. The standard InChI is InChI=1S/C23H23NO6S/c1-4-30-17-8-6-16(7-9-17)24-23(27)20-12-15(13-21(25)26)22(31-20)14-5-10-18(28-2)19(11-14)29-3/h5-12H,4,13H2,1-3H3,(H,24,27)(H,25,26). The molecule has 0 bridgehead atoms. The molecular formula is C23H23NO6S. The van der Waals surface area contributed by atoms with E-state index in [-0.39, 0.29) is 12.3 Å². The zero-order valence-corrected chi connectivity index (χ0v) is 18.2. The number of hydrogen-bond donors (Lipinski definition) is 2. The molecule has 0 unspecified atom stereocenters. The second-order valence-corrected chi connectivity index (χ2v) is 7.57. The summed E-state index contributed by atoms with van der Waals surface area (Å²) in [6.45, 7) is 2.46. The topological polar surface area (TPSA) is 94.1 Å². The molecule has 1 amide bonds. The van der Waals surface area contributed by atoms with Crippen molar-refractivity contribution < 1.29 is 28.9 Å². The minimum Gasteiger partial charge on any atom is -0.494 e. The van der Waals surface area contributed by atoms with Crippen molar-refractivity contribution in [1.82, 2.24) is 0 Å². The number of carboxylic acids is 1. The lowest BCUT2D eigenvalue weighted by Crippen LogP contribution is -2.10. The van der Waals surface area contributed by atoms with Gasteiger partial charge in [0.15, 0.2) is 11.5 Å². The fourth-order valence-corrected chi connectivity index (χ4v) is 4.12. The highest BCUT2D eigenvalue weighted by molar-refractivity contribution is 7.17. The van der Waals surface area contributed by atoms with Crippen LogP contribution in [-0.4, -0.2) is 37.8 Å². The molecule has 2 aromatic carbocycles. The molecule has 0 fully saturated rings. The molecule has 0 aliphatic carbocycles. The lowest BCUT2D eigenvalue weighted by atomic mass is 10.1. The second kappa shape index (κ2) is 9.99. The Kier molecular flexibility index (Phi) is 7.15. The molecule has 8 heteroatoms. The van der Waals surface area contributed by atoms with Gasteiger partial charge in [-0.15, -0.1) is 11.3 Å². The van der Waals surface area contributed by atoms with Gasteiger partial charge in [0.25, 0.3) is 5.91 Å². The van der Waals surface area contributed by atoms with E-state index in [4.69, 9.17) is 14.2 Å². The molecule has 0 saturated carbocycles.